The fourth-order valence-corrected chi connectivity index (χ4v) is 4.58. The van der Waals surface area contributed by atoms with Gasteiger partial charge in [0.15, 0.2) is 0 Å². The molecule has 2 amide bonds. The molecule has 1 spiro atoms. The zero-order chi connectivity index (χ0) is 17.5. The Morgan fingerprint density at radius 3 is 2.56 bits per heavy atom. The van der Waals surface area contributed by atoms with Gasteiger partial charge in [0.2, 0.25) is 11.8 Å². The maximum Gasteiger partial charge on any atom is 0.233 e. The van der Waals surface area contributed by atoms with Gasteiger partial charge in [-0.3, -0.25) is 14.5 Å². The van der Waals surface area contributed by atoms with Gasteiger partial charge in [0.1, 0.15) is 0 Å². The van der Waals surface area contributed by atoms with Crippen molar-refractivity contribution in [1.82, 2.24) is 15.1 Å². The predicted octanol–water partition coefficient (Wildman–Crippen LogP) is 1.53. The van der Waals surface area contributed by atoms with Crippen LogP contribution in [0, 0.1) is 0 Å². The number of carbonyl (C=O) groups excluding carboxylic acids is 2. The molecule has 0 bridgehead atoms. The minimum atomic E-state index is -0.294. The molecule has 1 N–H and O–H groups in total. The number of hydrogen-bond donors (Lipinski definition) is 1. The van der Waals surface area contributed by atoms with Gasteiger partial charge in [-0.15, -0.1) is 0 Å². The highest BCUT2D eigenvalue weighted by Crippen LogP contribution is 2.50. The number of likely N-dealkylation sites (N-methyl/N-ethyl adjacent to an activating group) is 1. The highest BCUT2D eigenvalue weighted by atomic mass is 16.2. The SMILES string of the molecule is CN1CCN(C(=O)C2(c3ccccc3)CC2)C[C@@]12CCNC(=O)CC2. The van der Waals surface area contributed by atoms with E-state index in [4.69, 9.17) is 0 Å². The summed E-state index contributed by atoms with van der Waals surface area (Å²) in [5.74, 6) is 0.423. The van der Waals surface area contributed by atoms with E-state index in [2.05, 4.69) is 34.3 Å². The summed E-state index contributed by atoms with van der Waals surface area (Å²) in [4.78, 5) is 29.6. The molecular formula is C20H27N3O2. The Morgan fingerprint density at radius 2 is 1.84 bits per heavy atom. The molecule has 3 fully saturated rings. The van der Waals surface area contributed by atoms with Crippen LogP contribution in [0.3, 0.4) is 0 Å². The first kappa shape index (κ1) is 16.6. The van der Waals surface area contributed by atoms with E-state index in [1.807, 2.05) is 18.2 Å². The molecule has 1 atom stereocenters. The fraction of sp³-hybridized carbons (Fsp3) is 0.600. The number of benzene rings is 1. The minimum absolute atomic E-state index is 0.0696. The van der Waals surface area contributed by atoms with Crippen LogP contribution in [-0.2, 0) is 15.0 Å². The molecule has 2 heterocycles. The fourth-order valence-electron chi connectivity index (χ4n) is 4.58. The maximum absolute atomic E-state index is 13.4. The summed E-state index contributed by atoms with van der Waals surface area (Å²) in [6.07, 6.45) is 4.20. The van der Waals surface area contributed by atoms with Gasteiger partial charge in [-0.1, -0.05) is 30.3 Å². The normalized spacial score (nSPS) is 29.2. The third kappa shape index (κ3) is 2.84. The van der Waals surface area contributed by atoms with Gasteiger partial charge in [0.25, 0.3) is 0 Å². The van der Waals surface area contributed by atoms with Gasteiger partial charge in [-0.2, -0.15) is 0 Å². The average Bonchev–Trinajstić information content (AvgIpc) is 3.45. The van der Waals surface area contributed by atoms with E-state index in [0.29, 0.717) is 13.0 Å². The molecular weight excluding hydrogens is 314 g/mol. The second-order valence-corrected chi connectivity index (χ2v) is 7.92. The standard InChI is InChI=1S/C20H27N3O2/c1-22-13-14-23(15-19(22)8-7-17(24)21-12-11-19)18(25)20(9-10-20)16-5-3-2-4-6-16/h2-6H,7-15H2,1H3,(H,21,24)/t19-/m1/s1. The van der Waals surface area contributed by atoms with Crippen molar-refractivity contribution < 1.29 is 9.59 Å². The lowest BCUT2D eigenvalue weighted by Crippen LogP contribution is -2.63. The van der Waals surface area contributed by atoms with Crippen molar-refractivity contribution in [2.75, 3.05) is 33.2 Å². The molecule has 0 unspecified atom stereocenters. The molecule has 25 heavy (non-hydrogen) atoms. The van der Waals surface area contributed by atoms with Crippen LogP contribution in [0.5, 0.6) is 0 Å². The Bertz CT molecular complexity index is 671. The van der Waals surface area contributed by atoms with E-state index in [9.17, 15) is 9.59 Å². The number of rotatable bonds is 2. The Labute approximate surface area is 149 Å². The molecule has 0 radical (unpaired) electrons. The van der Waals surface area contributed by atoms with Crippen LogP contribution < -0.4 is 5.32 Å². The second-order valence-electron chi connectivity index (χ2n) is 7.92. The van der Waals surface area contributed by atoms with Crippen molar-refractivity contribution in [3.63, 3.8) is 0 Å². The third-order valence-corrected chi connectivity index (χ3v) is 6.50. The zero-order valence-electron chi connectivity index (χ0n) is 15.0. The molecule has 1 aromatic carbocycles. The third-order valence-electron chi connectivity index (χ3n) is 6.50. The Hall–Kier alpha value is -1.88. The van der Waals surface area contributed by atoms with E-state index in [0.717, 1.165) is 50.9 Å². The molecule has 1 saturated carbocycles. The summed E-state index contributed by atoms with van der Waals surface area (Å²) in [6, 6.07) is 10.2. The molecule has 5 heteroatoms. The van der Waals surface area contributed by atoms with Gasteiger partial charge >= 0.3 is 0 Å². The first-order valence-electron chi connectivity index (χ1n) is 9.39. The maximum atomic E-state index is 13.4. The summed E-state index contributed by atoms with van der Waals surface area (Å²) >= 11 is 0. The van der Waals surface area contributed by atoms with E-state index in [1.165, 1.54) is 0 Å². The van der Waals surface area contributed by atoms with Crippen LogP contribution in [0.1, 0.15) is 37.7 Å². The lowest BCUT2D eigenvalue weighted by atomic mass is 9.85. The number of piperazine rings is 1. The summed E-state index contributed by atoms with van der Waals surface area (Å²) in [5.41, 5.74) is 0.794. The van der Waals surface area contributed by atoms with Crippen LogP contribution in [-0.4, -0.2) is 60.4 Å². The number of hydrogen-bond acceptors (Lipinski definition) is 3. The van der Waals surface area contributed by atoms with Gasteiger partial charge in [-0.25, -0.2) is 0 Å². The summed E-state index contributed by atoms with van der Waals surface area (Å²) in [7, 11) is 2.14. The van der Waals surface area contributed by atoms with Crippen molar-refractivity contribution in [3.8, 4) is 0 Å². The first-order chi connectivity index (χ1) is 12.1. The molecule has 1 aliphatic carbocycles. The van der Waals surface area contributed by atoms with Gasteiger partial charge in [0.05, 0.1) is 5.41 Å². The van der Waals surface area contributed by atoms with Crippen LogP contribution in [0.15, 0.2) is 30.3 Å². The van der Waals surface area contributed by atoms with Gasteiger partial charge in [-0.05, 0) is 38.3 Å². The lowest BCUT2D eigenvalue weighted by molar-refractivity contribution is -0.139. The van der Waals surface area contributed by atoms with E-state index in [1.54, 1.807) is 0 Å². The number of nitrogens with zero attached hydrogens (tertiary/aromatic N) is 2. The lowest BCUT2D eigenvalue weighted by Gasteiger charge is -2.50. The predicted molar refractivity (Wildman–Crippen MR) is 96.2 cm³/mol. The summed E-state index contributed by atoms with van der Waals surface area (Å²) < 4.78 is 0. The van der Waals surface area contributed by atoms with Gasteiger partial charge < -0.3 is 10.2 Å². The van der Waals surface area contributed by atoms with Crippen molar-refractivity contribution in [2.24, 2.45) is 0 Å². The monoisotopic (exact) mass is 341 g/mol. The molecule has 5 nitrogen and oxygen atoms in total. The van der Waals surface area contributed by atoms with Gasteiger partial charge in [0, 0.05) is 38.1 Å². The second kappa shape index (κ2) is 6.13. The smallest absolute Gasteiger partial charge is 0.233 e. The molecule has 1 aromatic rings. The zero-order valence-corrected chi connectivity index (χ0v) is 15.0. The molecule has 4 rings (SSSR count). The van der Waals surface area contributed by atoms with Crippen molar-refractivity contribution in [1.29, 1.82) is 0 Å². The molecule has 134 valence electrons. The first-order valence-corrected chi connectivity index (χ1v) is 9.39. The van der Waals surface area contributed by atoms with Crippen molar-refractivity contribution in [2.45, 2.75) is 43.1 Å². The van der Waals surface area contributed by atoms with Crippen LogP contribution in [0.2, 0.25) is 0 Å². The average molecular weight is 341 g/mol. The van der Waals surface area contributed by atoms with Crippen LogP contribution in [0.4, 0.5) is 0 Å². The summed E-state index contributed by atoms with van der Waals surface area (Å²) in [6.45, 7) is 3.11. The molecule has 0 aromatic heterocycles. The topological polar surface area (TPSA) is 52.6 Å². The number of nitrogens with one attached hydrogen (secondary N) is 1. The van der Waals surface area contributed by atoms with Crippen LogP contribution >= 0.6 is 0 Å². The Kier molecular flexibility index (Phi) is 4.07. The highest BCUT2D eigenvalue weighted by Gasteiger charge is 2.54. The Balaban J connectivity index is 1.55. The van der Waals surface area contributed by atoms with Crippen molar-refractivity contribution in [3.05, 3.63) is 35.9 Å². The molecule has 3 aliphatic rings. The molecule has 2 saturated heterocycles. The number of amides is 2. The van der Waals surface area contributed by atoms with E-state index < -0.39 is 0 Å². The number of carbonyl (C=O) groups is 2. The highest BCUT2D eigenvalue weighted by molar-refractivity contribution is 5.91. The largest absolute Gasteiger partial charge is 0.356 e. The molecule has 2 aliphatic heterocycles. The summed E-state index contributed by atoms with van der Waals surface area (Å²) in [5, 5.41) is 2.98. The van der Waals surface area contributed by atoms with E-state index in [-0.39, 0.29) is 22.8 Å². The van der Waals surface area contributed by atoms with Crippen molar-refractivity contribution >= 4 is 11.8 Å². The van der Waals surface area contributed by atoms with E-state index >= 15 is 0 Å². The Morgan fingerprint density at radius 1 is 1.08 bits per heavy atom. The minimum Gasteiger partial charge on any atom is -0.356 e. The quantitative estimate of drug-likeness (QED) is 0.888. The van der Waals surface area contributed by atoms with Crippen LogP contribution in [0.25, 0.3) is 0 Å².